The molecule has 0 aliphatic heterocycles. The van der Waals surface area contributed by atoms with Crippen LogP contribution >= 0.6 is 31.9 Å². The molecule has 1 N–H and O–H groups in total. The average Bonchev–Trinajstić information content (AvgIpc) is 2.76. The van der Waals surface area contributed by atoms with Crippen molar-refractivity contribution in [2.24, 2.45) is 0 Å². The molecule has 2 aromatic rings. The third kappa shape index (κ3) is 2.87. The molecular weight excluding hydrogens is 358 g/mol. The summed E-state index contributed by atoms with van der Waals surface area (Å²) in [4.78, 5) is 0. The summed E-state index contributed by atoms with van der Waals surface area (Å²) in [7, 11) is 0. The Bertz CT molecular complexity index is 536. The third-order valence-corrected chi connectivity index (χ3v) is 4.35. The van der Waals surface area contributed by atoms with E-state index < -0.39 is 0 Å². The lowest BCUT2D eigenvalue weighted by atomic mass is 10.0. The fourth-order valence-electron chi connectivity index (χ4n) is 1.87. The number of aryl methyl sites for hydroxylation is 1. The van der Waals surface area contributed by atoms with E-state index in [-0.39, 0.29) is 6.04 Å². The number of rotatable bonds is 4. The highest BCUT2D eigenvalue weighted by Crippen LogP contribution is 2.31. The summed E-state index contributed by atoms with van der Waals surface area (Å²) >= 11 is 7.10. The zero-order chi connectivity index (χ0) is 13.1. The summed E-state index contributed by atoms with van der Waals surface area (Å²) in [6, 6.07) is 8.36. The van der Waals surface area contributed by atoms with Crippen LogP contribution in [0.15, 0.2) is 43.9 Å². The normalized spacial score (nSPS) is 12.7. The number of nitrogens with one attached hydrogen (secondary N) is 1. The SMILES string of the molecule is CCNC(c1ccc(C)c(Br)c1)c1occc1Br. The van der Waals surface area contributed by atoms with Crippen LogP contribution in [0.2, 0.25) is 0 Å². The monoisotopic (exact) mass is 371 g/mol. The van der Waals surface area contributed by atoms with Crippen molar-refractivity contribution in [1.82, 2.24) is 5.32 Å². The van der Waals surface area contributed by atoms with E-state index in [0.29, 0.717) is 0 Å². The molecule has 0 aliphatic carbocycles. The van der Waals surface area contributed by atoms with Gasteiger partial charge in [0, 0.05) is 4.47 Å². The van der Waals surface area contributed by atoms with E-state index in [1.807, 2.05) is 6.07 Å². The lowest BCUT2D eigenvalue weighted by molar-refractivity contribution is 0.450. The summed E-state index contributed by atoms with van der Waals surface area (Å²) in [5, 5.41) is 3.44. The molecule has 1 heterocycles. The van der Waals surface area contributed by atoms with Gasteiger partial charge < -0.3 is 9.73 Å². The molecule has 2 nitrogen and oxygen atoms in total. The maximum atomic E-state index is 5.58. The average molecular weight is 373 g/mol. The molecule has 0 fully saturated rings. The number of hydrogen-bond acceptors (Lipinski definition) is 2. The van der Waals surface area contributed by atoms with Crippen LogP contribution in [0.5, 0.6) is 0 Å². The maximum absolute atomic E-state index is 5.58. The van der Waals surface area contributed by atoms with Gasteiger partial charge in [-0.2, -0.15) is 0 Å². The van der Waals surface area contributed by atoms with Crippen LogP contribution in [-0.2, 0) is 0 Å². The Labute approximate surface area is 124 Å². The van der Waals surface area contributed by atoms with Gasteiger partial charge in [-0.05, 0) is 52.7 Å². The number of halogens is 2. The van der Waals surface area contributed by atoms with Gasteiger partial charge >= 0.3 is 0 Å². The fraction of sp³-hybridized carbons (Fsp3) is 0.286. The van der Waals surface area contributed by atoms with E-state index in [9.17, 15) is 0 Å². The van der Waals surface area contributed by atoms with Gasteiger partial charge in [0.25, 0.3) is 0 Å². The predicted octanol–water partition coefficient (Wildman–Crippen LogP) is 4.81. The number of hydrogen-bond donors (Lipinski definition) is 1. The molecule has 1 aromatic heterocycles. The first-order valence-electron chi connectivity index (χ1n) is 5.85. The molecule has 1 atom stereocenters. The van der Waals surface area contributed by atoms with Crippen LogP contribution in [0.25, 0.3) is 0 Å². The zero-order valence-electron chi connectivity index (χ0n) is 10.3. The maximum Gasteiger partial charge on any atom is 0.139 e. The van der Waals surface area contributed by atoms with Crippen molar-refractivity contribution in [1.29, 1.82) is 0 Å². The van der Waals surface area contributed by atoms with Crippen LogP contribution in [-0.4, -0.2) is 6.54 Å². The number of benzene rings is 1. The van der Waals surface area contributed by atoms with Gasteiger partial charge in [-0.1, -0.05) is 35.0 Å². The van der Waals surface area contributed by atoms with E-state index in [1.165, 1.54) is 11.1 Å². The van der Waals surface area contributed by atoms with Crippen LogP contribution < -0.4 is 5.32 Å². The van der Waals surface area contributed by atoms with Crippen molar-refractivity contribution in [3.05, 3.63) is 56.4 Å². The highest BCUT2D eigenvalue weighted by molar-refractivity contribution is 9.10. The van der Waals surface area contributed by atoms with Crippen molar-refractivity contribution in [2.45, 2.75) is 19.9 Å². The minimum atomic E-state index is 0.0660. The predicted molar refractivity (Wildman–Crippen MR) is 80.8 cm³/mol. The second kappa shape index (κ2) is 6.04. The van der Waals surface area contributed by atoms with Gasteiger partial charge in [0.1, 0.15) is 5.76 Å². The molecule has 0 spiro atoms. The highest BCUT2D eigenvalue weighted by Gasteiger charge is 2.19. The van der Waals surface area contributed by atoms with E-state index >= 15 is 0 Å². The lowest BCUT2D eigenvalue weighted by Gasteiger charge is -2.17. The Morgan fingerprint density at radius 3 is 2.56 bits per heavy atom. The van der Waals surface area contributed by atoms with Gasteiger partial charge in [0.2, 0.25) is 0 Å². The van der Waals surface area contributed by atoms with E-state index in [1.54, 1.807) is 6.26 Å². The molecule has 1 unspecified atom stereocenters. The molecule has 0 bridgehead atoms. The molecule has 4 heteroatoms. The Kier molecular flexibility index (Phi) is 4.65. The third-order valence-electron chi connectivity index (χ3n) is 2.84. The van der Waals surface area contributed by atoms with Gasteiger partial charge in [0.05, 0.1) is 16.8 Å². The molecule has 0 saturated carbocycles. The smallest absolute Gasteiger partial charge is 0.139 e. The minimum absolute atomic E-state index is 0.0660. The Morgan fingerprint density at radius 2 is 2.00 bits per heavy atom. The Morgan fingerprint density at radius 1 is 1.22 bits per heavy atom. The molecule has 0 radical (unpaired) electrons. The standard InChI is InChI=1S/C14H15Br2NO/c1-3-17-13(14-11(15)6-7-18-14)10-5-4-9(2)12(16)8-10/h4-8,13,17H,3H2,1-2H3. The zero-order valence-corrected chi connectivity index (χ0v) is 13.5. The van der Waals surface area contributed by atoms with Crippen molar-refractivity contribution in [3.8, 4) is 0 Å². The van der Waals surface area contributed by atoms with Gasteiger partial charge in [-0.3, -0.25) is 0 Å². The molecular formula is C14H15Br2NO. The number of furan rings is 1. The second-order valence-corrected chi connectivity index (χ2v) is 5.84. The van der Waals surface area contributed by atoms with Crippen LogP contribution in [0, 0.1) is 6.92 Å². The summed E-state index contributed by atoms with van der Waals surface area (Å²) in [6.07, 6.45) is 1.70. The van der Waals surface area contributed by atoms with Crippen LogP contribution in [0.4, 0.5) is 0 Å². The molecule has 18 heavy (non-hydrogen) atoms. The summed E-state index contributed by atoms with van der Waals surface area (Å²) < 4.78 is 7.69. The van der Waals surface area contributed by atoms with E-state index in [4.69, 9.17) is 4.42 Å². The molecule has 0 aliphatic rings. The topological polar surface area (TPSA) is 25.2 Å². The molecule has 96 valence electrons. The van der Waals surface area contributed by atoms with E-state index in [2.05, 4.69) is 69.2 Å². The van der Waals surface area contributed by atoms with Gasteiger partial charge in [-0.15, -0.1) is 0 Å². The van der Waals surface area contributed by atoms with Crippen LogP contribution in [0.3, 0.4) is 0 Å². The first-order valence-corrected chi connectivity index (χ1v) is 7.44. The minimum Gasteiger partial charge on any atom is -0.466 e. The largest absolute Gasteiger partial charge is 0.466 e. The summed E-state index contributed by atoms with van der Waals surface area (Å²) in [5.41, 5.74) is 2.41. The summed E-state index contributed by atoms with van der Waals surface area (Å²) in [5.74, 6) is 0.910. The van der Waals surface area contributed by atoms with Crippen molar-refractivity contribution in [3.63, 3.8) is 0 Å². The second-order valence-electron chi connectivity index (χ2n) is 4.13. The van der Waals surface area contributed by atoms with E-state index in [0.717, 1.165) is 21.3 Å². The van der Waals surface area contributed by atoms with Crippen molar-refractivity contribution >= 4 is 31.9 Å². The first-order chi connectivity index (χ1) is 8.63. The summed E-state index contributed by atoms with van der Waals surface area (Å²) in [6.45, 7) is 5.05. The van der Waals surface area contributed by atoms with Crippen molar-refractivity contribution < 1.29 is 4.42 Å². The van der Waals surface area contributed by atoms with Gasteiger partial charge in [-0.25, -0.2) is 0 Å². The Balaban J connectivity index is 2.41. The molecule has 0 saturated heterocycles. The highest BCUT2D eigenvalue weighted by atomic mass is 79.9. The van der Waals surface area contributed by atoms with Crippen molar-refractivity contribution in [2.75, 3.05) is 6.54 Å². The van der Waals surface area contributed by atoms with Gasteiger partial charge in [0.15, 0.2) is 0 Å². The molecule has 0 amide bonds. The quantitative estimate of drug-likeness (QED) is 0.832. The molecule has 2 rings (SSSR count). The van der Waals surface area contributed by atoms with Crippen LogP contribution in [0.1, 0.15) is 29.9 Å². The fourth-order valence-corrected chi connectivity index (χ4v) is 2.69. The first kappa shape index (κ1) is 13.8. The lowest BCUT2D eigenvalue weighted by Crippen LogP contribution is -2.21. The Hall–Kier alpha value is -0.580. The molecule has 1 aromatic carbocycles.